The Morgan fingerprint density at radius 2 is 0.838 bits per heavy atom. The third kappa shape index (κ3) is 8.54. The van der Waals surface area contributed by atoms with E-state index in [4.69, 9.17) is 13.3 Å². The molecule has 0 heterocycles. The van der Waals surface area contributed by atoms with E-state index in [1.165, 1.54) is 38.5 Å². The minimum absolute atomic E-state index is 0.277. The molecular formula is C33H64O3Si. The van der Waals surface area contributed by atoms with E-state index < -0.39 is 8.80 Å². The predicted molar refractivity (Wildman–Crippen MR) is 159 cm³/mol. The van der Waals surface area contributed by atoms with Crippen molar-refractivity contribution in [3.63, 3.8) is 0 Å². The standard InChI is InChI=1S/C33H64O3Si/c1-11-18-37(34-31-19-25(8)12-15-28(31)22(2)3,35-32-20-26(9)13-16-29(32)23(4)5)36-33-21-27(10)14-17-30(33)24(6)7/h22-33H,11-21H2,1-10H3. The van der Waals surface area contributed by atoms with Crippen LogP contribution in [0.2, 0.25) is 6.04 Å². The lowest BCUT2D eigenvalue weighted by atomic mass is 9.75. The van der Waals surface area contributed by atoms with Crippen molar-refractivity contribution in [2.45, 2.75) is 158 Å². The van der Waals surface area contributed by atoms with E-state index in [9.17, 15) is 0 Å². The lowest BCUT2D eigenvalue weighted by Crippen LogP contribution is -2.57. The second-order valence-electron chi connectivity index (χ2n) is 14.9. The molecule has 4 heteroatoms. The molecule has 37 heavy (non-hydrogen) atoms. The van der Waals surface area contributed by atoms with Crippen molar-refractivity contribution in [1.82, 2.24) is 0 Å². The SMILES string of the molecule is CCC[Si](OC1CC(C)CCC1C(C)C)(OC1CC(C)CCC1C(C)C)OC1CC(C)CCC1C(C)C. The Morgan fingerprint density at radius 3 is 1.08 bits per heavy atom. The smallest absolute Gasteiger partial charge is 0.370 e. The van der Waals surface area contributed by atoms with Crippen molar-refractivity contribution in [2.75, 3.05) is 0 Å². The Morgan fingerprint density at radius 1 is 0.541 bits per heavy atom. The fraction of sp³-hybridized carbons (Fsp3) is 1.00. The summed E-state index contributed by atoms with van der Waals surface area (Å²) in [5, 5.41) is 0. The molecule has 0 radical (unpaired) electrons. The highest BCUT2D eigenvalue weighted by Gasteiger charge is 2.52. The number of hydrogen-bond acceptors (Lipinski definition) is 3. The molecule has 0 N–H and O–H groups in total. The van der Waals surface area contributed by atoms with Gasteiger partial charge in [0.2, 0.25) is 0 Å². The highest BCUT2D eigenvalue weighted by molar-refractivity contribution is 6.60. The van der Waals surface area contributed by atoms with Crippen LogP contribution < -0.4 is 0 Å². The zero-order valence-electron chi connectivity index (χ0n) is 26.4. The van der Waals surface area contributed by atoms with Crippen LogP contribution in [-0.4, -0.2) is 27.1 Å². The first kappa shape index (κ1) is 31.6. The zero-order chi connectivity index (χ0) is 27.3. The van der Waals surface area contributed by atoms with Gasteiger partial charge in [0.1, 0.15) is 0 Å². The van der Waals surface area contributed by atoms with Gasteiger partial charge in [-0.25, -0.2) is 0 Å². The average molecular weight is 537 g/mol. The monoisotopic (exact) mass is 536 g/mol. The molecule has 9 unspecified atom stereocenters. The first-order chi connectivity index (χ1) is 17.4. The second-order valence-corrected chi connectivity index (χ2v) is 17.5. The maximum Gasteiger partial charge on any atom is 0.501 e. The third-order valence-electron chi connectivity index (χ3n) is 10.4. The van der Waals surface area contributed by atoms with Gasteiger partial charge in [-0.15, -0.1) is 0 Å². The third-order valence-corrected chi connectivity index (χ3v) is 13.5. The first-order valence-corrected chi connectivity index (χ1v) is 18.4. The van der Waals surface area contributed by atoms with Gasteiger partial charge in [0.15, 0.2) is 0 Å². The van der Waals surface area contributed by atoms with Crippen LogP contribution in [0, 0.1) is 53.3 Å². The Labute approximate surface area is 232 Å². The van der Waals surface area contributed by atoms with Crippen molar-refractivity contribution in [1.29, 1.82) is 0 Å². The van der Waals surface area contributed by atoms with Crippen LogP contribution in [-0.2, 0) is 13.3 Å². The lowest BCUT2D eigenvalue weighted by Gasteiger charge is -2.48. The van der Waals surface area contributed by atoms with Crippen molar-refractivity contribution >= 4 is 8.80 Å². The summed E-state index contributed by atoms with van der Waals surface area (Å²) in [7, 11) is -2.91. The maximum absolute atomic E-state index is 7.49. The van der Waals surface area contributed by atoms with Crippen LogP contribution in [0.1, 0.15) is 133 Å². The van der Waals surface area contributed by atoms with Gasteiger partial charge in [0.25, 0.3) is 0 Å². The molecule has 0 spiro atoms. The fourth-order valence-corrected chi connectivity index (χ4v) is 11.3. The quantitative estimate of drug-likeness (QED) is 0.246. The Bertz CT molecular complexity index is 580. The summed E-state index contributed by atoms with van der Waals surface area (Å²) in [6.07, 6.45) is 13.2. The van der Waals surface area contributed by atoms with Gasteiger partial charge in [0, 0.05) is 6.04 Å². The van der Waals surface area contributed by atoms with Crippen LogP contribution in [0.5, 0.6) is 0 Å². The largest absolute Gasteiger partial charge is 0.501 e. The molecule has 3 saturated carbocycles. The summed E-state index contributed by atoms with van der Waals surface area (Å²) in [5.74, 6) is 5.95. The molecule has 3 aliphatic carbocycles. The van der Waals surface area contributed by atoms with Crippen LogP contribution >= 0.6 is 0 Å². The highest BCUT2D eigenvalue weighted by atomic mass is 28.4. The molecule has 0 aromatic carbocycles. The van der Waals surface area contributed by atoms with E-state index in [1.54, 1.807) is 0 Å². The number of rotatable bonds is 11. The van der Waals surface area contributed by atoms with Gasteiger partial charge in [-0.3, -0.25) is 0 Å². The Balaban J connectivity index is 1.98. The molecule has 0 bridgehead atoms. The predicted octanol–water partition coefficient (Wildman–Crippen LogP) is 9.77. The van der Waals surface area contributed by atoms with Gasteiger partial charge >= 0.3 is 8.80 Å². The molecule has 0 aromatic rings. The molecule has 0 amide bonds. The molecule has 0 saturated heterocycles. The first-order valence-electron chi connectivity index (χ1n) is 16.5. The van der Waals surface area contributed by atoms with E-state index >= 15 is 0 Å². The van der Waals surface area contributed by atoms with Crippen LogP contribution in [0.3, 0.4) is 0 Å². The van der Waals surface area contributed by atoms with Gasteiger partial charge in [-0.1, -0.05) is 94.9 Å². The van der Waals surface area contributed by atoms with Gasteiger partial charge in [0.05, 0.1) is 18.3 Å². The molecule has 9 atom stereocenters. The highest BCUT2D eigenvalue weighted by Crippen LogP contribution is 2.44. The summed E-state index contributed by atoms with van der Waals surface area (Å²) >= 11 is 0. The van der Waals surface area contributed by atoms with Crippen LogP contribution in [0.15, 0.2) is 0 Å². The average Bonchev–Trinajstić information content (AvgIpc) is 2.78. The van der Waals surface area contributed by atoms with E-state index in [0.717, 1.165) is 49.5 Å². The lowest BCUT2D eigenvalue weighted by molar-refractivity contribution is -0.0955. The second kappa shape index (κ2) is 14.1. The molecule has 0 aromatic heterocycles. The van der Waals surface area contributed by atoms with E-state index in [2.05, 4.69) is 69.2 Å². The fourth-order valence-electron chi connectivity index (χ4n) is 8.01. The van der Waals surface area contributed by atoms with Crippen molar-refractivity contribution in [3.8, 4) is 0 Å². The topological polar surface area (TPSA) is 27.7 Å². The summed E-state index contributed by atoms with van der Waals surface area (Å²) < 4.78 is 22.5. The van der Waals surface area contributed by atoms with Gasteiger partial charge in [-0.2, -0.15) is 0 Å². The van der Waals surface area contributed by atoms with Crippen molar-refractivity contribution < 1.29 is 13.3 Å². The zero-order valence-corrected chi connectivity index (χ0v) is 27.4. The minimum atomic E-state index is -2.91. The molecule has 0 aliphatic heterocycles. The maximum atomic E-state index is 7.49. The summed E-state index contributed by atoms with van der Waals surface area (Å²) in [6, 6.07) is 0.966. The molecular weight excluding hydrogens is 472 g/mol. The van der Waals surface area contributed by atoms with E-state index in [-0.39, 0.29) is 18.3 Å². The van der Waals surface area contributed by atoms with Gasteiger partial charge in [-0.05, 0) is 91.8 Å². The molecule has 3 nitrogen and oxygen atoms in total. The summed E-state index contributed by atoms with van der Waals surface area (Å²) in [6.45, 7) is 24.0. The molecule has 3 rings (SSSR count). The van der Waals surface area contributed by atoms with Crippen LogP contribution in [0.4, 0.5) is 0 Å². The van der Waals surface area contributed by atoms with Crippen molar-refractivity contribution in [2.24, 2.45) is 53.3 Å². The minimum Gasteiger partial charge on any atom is -0.370 e. The molecule has 3 aliphatic rings. The Kier molecular flexibility index (Phi) is 12.1. The Hall–Kier alpha value is 0.0969. The summed E-state index contributed by atoms with van der Waals surface area (Å²) in [5.41, 5.74) is 0. The normalized spacial score (nSPS) is 39.3. The summed E-state index contributed by atoms with van der Waals surface area (Å²) in [4.78, 5) is 0. The van der Waals surface area contributed by atoms with E-state index in [1.807, 2.05) is 0 Å². The van der Waals surface area contributed by atoms with Gasteiger partial charge < -0.3 is 13.3 Å². The molecule has 3 fully saturated rings. The van der Waals surface area contributed by atoms with E-state index in [0.29, 0.717) is 35.5 Å². The number of hydrogen-bond donors (Lipinski definition) is 0. The van der Waals surface area contributed by atoms with Crippen molar-refractivity contribution in [3.05, 3.63) is 0 Å². The van der Waals surface area contributed by atoms with Crippen LogP contribution in [0.25, 0.3) is 0 Å². The molecule has 218 valence electrons.